The van der Waals surface area contributed by atoms with Gasteiger partial charge in [0.25, 0.3) is 5.69 Å². The van der Waals surface area contributed by atoms with Gasteiger partial charge in [-0.2, -0.15) is 0 Å². The first-order valence-electron chi connectivity index (χ1n) is 13.6. The van der Waals surface area contributed by atoms with E-state index in [0.29, 0.717) is 24.8 Å². The Bertz CT molecular complexity index is 1360. The Morgan fingerprint density at radius 1 is 0.976 bits per heavy atom. The highest BCUT2D eigenvalue weighted by Gasteiger charge is 2.44. The van der Waals surface area contributed by atoms with E-state index >= 15 is 0 Å². The van der Waals surface area contributed by atoms with E-state index in [-0.39, 0.29) is 37.3 Å². The van der Waals surface area contributed by atoms with E-state index in [1.807, 2.05) is 30.3 Å². The minimum Gasteiger partial charge on any atom is -0.465 e. The lowest BCUT2D eigenvalue weighted by Gasteiger charge is -2.25. The van der Waals surface area contributed by atoms with E-state index in [0.717, 1.165) is 5.56 Å². The van der Waals surface area contributed by atoms with Crippen LogP contribution in [0, 0.1) is 39.2 Å². The summed E-state index contributed by atoms with van der Waals surface area (Å²) in [6.07, 6.45) is 0.852. The predicted molar refractivity (Wildman–Crippen MR) is 157 cm³/mol. The monoisotopic (exact) mass is 573 g/mol. The maximum absolute atomic E-state index is 12.8. The molecule has 0 aliphatic rings. The Hall–Kier alpha value is -4.89. The predicted octanol–water partition coefficient (Wildman–Crippen LogP) is 5.81. The molecule has 0 N–H and O–H groups in total. The maximum atomic E-state index is 12.8. The van der Waals surface area contributed by atoms with Gasteiger partial charge in [-0.15, -0.1) is 0 Å². The SMILES string of the molecule is C=C(CC#CC(CCCC#Cc1ccccc1)OC(=O)c1ccc([N+](=O)[O-])cc1)CC(C)(C(=O)OCC)C(=O)OCC. The minimum atomic E-state index is -1.57. The number of esters is 3. The summed E-state index contributed by atoms with van der Waals surface area (Å²) in [6.45, 7) is 8.93. The minimum absolute atomic E-state index is 0.0261. The fourth-order valence-corrected chi connectivity index (χ4v) is 3.80. The van der Waals surface area contributed by atoms with Crippen LogP contribution in [0.3, 0.4) is 0 Å². The molecule has 2 aromatic carbocycles. The largest absolute Gasteiger partial charge is 0.465 e. The number of nitrogens with zero attached hydrogens (tertiary/aromatic N) is 1. The number of hydrogen-bond donors (Lipinski definition) is 0. The molecule has 0 aliphatic carbocycles. The average Bonchev–Trinajstić information content (AvgIpc) is 2.97. The van der Waals surface area contributed by atoms with Gasteiger partial charge in [-0.05, 0) is 64.3 Å². The van der Waals surface area contributed by atoms with E-state index in [9.17, 15) is 24.5 Å². The molecule has 2 aromatic rings. The number of benzene rings is 2. The van der Waals surface area contributed by atoms with Gasteiger partial charge in [-0.3, -0.25) is 19.7 Å². The lowest BCUT2D eigenvalue weighted by Crippen LogP contribution is -2.39. The van der Waals surface area contributed by atoms with Crippen molar-refractivity contribution in [2.75, 3.05) is 13.2 Å². The molecule has 0 spiro atoms. The quantitative estimate of drug-likeness (QED) is 0.0430. The fourth-order valence-electron chi connectivity index (χ4n) is 3.80. The fraction of sp³-hybridized carbons (Fsp3) is 0.364. The summed E-state index contributed by atoms with van der Waals surface area (Å²) < 4.78 is 15.8. The number of ether oxygens (including phenoxy) is 3. The van der Waals surface area contributed by atoms with E-state index in [4.69, 9.17) is 14.2 Å². The zero-order valence-electron chi connectivity index (χ0n) is 24.1. The summed E-state index contributed by atoms with van der Waals surface area (Å²) in [5, 5.41) is 10.9. The summed E-state index contributed by atoms with van der Waals surface area (Å²) >= 11 is 0. The van der Waals surface area contributed by atoms with Gasteiger partial charge in [0.1, 0.15) is 0 Å². The first-order valence-corrected chi connectivity index (χ1v) is 13.6. The number of allylic oxidation sites excluding steroid dienone is 1. The lowest BCUT2D eigenvalue weighted by atomic mass is 9.83. The summed E-state index contributed by atoms with van der Waals surface area (Å²) in [5.41, 5.74) is -0.157. The summed E-state index contributed by atoms with van der Waals surface area (Å²) in [5.74, 6) is 9.98. The van der Waals surface area contributed by atoms with Crippen LogP contribution in [0.15, 0.2) is 66.7 Å². The van der Waals surface area contributed by atoms with Crippen LogP contribution in [0.2, 0.25) is 0 Å². The number of hydrogen-bond acceptors (Lipinski definition) is 8. The molecule has 0 amide bonds. The molecule has 0 radical (unpaired) electrons. The Morgan fingerprint density at radius 2 is 1.60 bits per heavy atom. The van der Waals surface area contributed by atoms with Crippen LogP contribution in [0.5, 0.6) is 0 Å². The third-order valence-electron chi connectivity index (χ3n) is 5.99. The van der Waals surface area contributed by atoms with Crippen LogP contribution in [0.25, 0.3) is 0 Å². The Kier molecular flexibility index (Phi) is 13.5. The van der Waals surface area contributed by atoms with Crippen molar-refractivity contribution in [1.29, 1.82) is 0 Å². The van der Waals surface area contributed by atoms with Crippen molar-refractivity contribution in [1.82, 2.24) is 0 Å². The van der Waals surface area contributed by atoms with Crippen molar-refractivity contribution in [2.24, 2.45) is 5.41 Å². The zero-order valence-corrected chi connectivity index (χ0v) is 24.1. The van der Waals surface area contributed by atoms with E-state index < -0.39 is 34.4 Å². The molecule has 220 valence electrons. The topological polar surface area (TPSA) is 122 Å². The maximum Gasteiger partial charge on any atom is 0.339 e. The van der Waals surface area contributed by atoms with Crippen molar-refractivity contribution in [3.63, 3.8) is 0 Å². The van der Waals surface area contributed by atoms with Crippen molar-refractivity contribution in [3.05, 3.63) is 88.0 Å². The molecule has 42 heavy (non-hydrogen) atoms. The van der Waals surface area contributed by atoms with Crippen molar-refractivity contribution < 1.29 is 33.5 Å². The van der Waals surface area contributed by atoms with Crippen LogP contribution in [-0.2, 0) is 23.8 Å². The second-order valence-corrected chi connectivity index (χ2v) is 9.46. The van der Waals surface area contributed by atoms with Crippen LogP contribution >= 0.6 is 0 Å². The molecule has 0 saturated carbocycles. The normalized spacial score (nSPS) is 11.0. The van der Waals surface area contributed by atoms with Crippen LogP contribution in [0.4, 0.5) is 5.69 Å². The summed E-state index contributed by atoms with van der Waals surface area (Å²) in [4.78, 5) is 48.3. The third-order valence-corrected chi connectivity index (χ3v) is 5.99. The van der Waals surface area contributed by atoms with Gasteiger partial charge < -0.3 is 14.2 Å². The molecule has 0 aliphatic heterocycles. The number of nitro groups is 1. The Labute approximate surface area is 246 Å². The van der Waals surface area contributed by atoms with E-state index in [1.165, 1.54) is 31.2 Å². The highest BCUT2D eigenvalue weighted by Crippen LogP contribution is 2.30. The Morgan fingerprint density at radius 3 is 2.17 bits per heavy atom. The number of carbonyl (C=O) groups is 3. The third kappa shape index (κ3) is 10.6. The number of non-ortho nitro benzene ring substituents is 1. The van der Waals surface area contributed by atoms with Crippen molar-refractivity contribution >= 4 is 23.6 Å². The molecule has 1 unspecified atom stereocenters. The summed E-state index contributed by atoms with van der Waals surface area (Å²) in [6, 6.07) is 14.6. The van der Waals surface area contributed by atoms with Crippen molar-refractivity contribution in [3.8, 4) is 23.7 Å². The molecule has 9 nitrogen and oxygen atoms in total. The van der Waals surface area contributed by atoms with E-state index in [2.05, 4.69) is 30.3 Å². The molecule has 2 rings (SSSR count). The highest BCUT2D eigenvalue weighted by molar-refractivity contribution is 6.00. The smallest absolute Gasteiger partial charge is 0.339 e. The first kappa shape index (κ1) is 33.3. The first-order chi connectivity index (χ1) is 20.1. The average molecular weight is 574 g/mol. The van der Waals surface area contributed by atoms with Gasteiger partial charge in [0, 0.05) is 30.5 Å². The standard InChI is InChI=1S/C33H35NO8/c1-5-40-31(36)33(4,32(37)41-6-2)24-25(3)14-13-19-29(18-12-8-11-17-26-15-9-7-10-16-26)42-30(35)27-20-22-28(23-21-27)34(38)39/h7,9-10,15-16,20-23,29H,3,5-6,8,12,14,18,24H2,1-2,4H3. The second kappa shape index (κ2) is 17.0. The van der Waals surface area contributed by atoms with Gasteiger partial charge in [0.15, 0.2) is 11.5 Å². The van der Waals surface area contributed by atoms with Crippen LogP contribution in [0.1, 0.15) is 68.8 Å². The van der Waals surface area contributed by atoms with Crippen LogP contribution in [-0.4, -0.2) is 42.1 Å². The highest BCUT2D eigenvalue weighted by atomic mass is 16.6. The number of rotatable bonds is 13. The van der Waals surface area contributed by atoms with E-state index in [1.54, 1.807) is 13.8 Å². The second-order valence-electron chi connectivity index (χ2n) is 9.46. The molecule has 0 bridgehead atoms. The molecular formula is C33H35NO8. The van der Waals surface area contributed by atoms with Gasteiger partial charge in [0.2, 0.25) is 0 Å². The van der Waals surface area contributed by atoms with Crippen molar-refractivity contribution in [2.45, 2.75) is 59.0 Å². The van der Waals surface area contributed by atoms with Gasteiger partial charge >= 0.3 is 17.9 Å². The molecule has 0 saturated heterocycles. The van der Waals surface area contributed by atoms with Crippen LogP contribution < -0.4 is 0 Å². The Balaban J connectivity index is 2.12. The number of nitro benzene ring substituents is 1. The molecule has 0 fully saturated rings. The molecule has 0 aromatic heterocycles. The lowest BCUT2D eigenvalue weighted by molar-refractivity contribution is -0.384. The zero-order chi connectivity index (χ0) is 31.0. The molecular weight excluding hydrogens is 538 g/mol. The molecule has 9 heteroatoms. The number of carbonyl (C=O) groups excluding carboxylic acids is 3. The van der Waals surface area contributed by atoms with Gasteiger partial charge in [-0.25, -0.2) is 4.79 Å². The summed E-state index contributed by atoms with van der Waals surface area (Å²) in [7, 11) is 0. The van der Waals surface area contributed by atoms with Gasteiger partial charge in [-0.1, -0.05) is 54.0 Å². The molecule has 1 atom stereocenters. The number of unbranched alkanes of at least 4 members (excludes halogenated alkanes) is 1. The van der Waals surface area contributed by atoms with Gasteiger partial charge in [0.05, 0.1) is 23.7 Å². The molecule has 0 heterocycles.